The molecule has 1 fully saturated rings. The van der Waals surface area contributed by atoms with E-state index in [0.717, 1.165) is 11.3 Å². The van der Waals surface area contributed by atoms with Crippen molar-refractivity contribution < 1.29 is 28.2 Å². The zero-order valence-corrected chi connectivity index (χ0v) is 22.4. The molecule has 39 heavy (non-hydrogen) atoms. The molecule has 1 aliphatic heterocycles. The van der Waals surface area contributed by atoms with Gasteiger partial charge in [-0.1, -0.05) is 12.1 Å². The molecule has 202 valence electrons. The van der Waals surface area contributed by atoms with E-state index in [1.54, 1.807) is 43.2 Å². The van der Waals surface area contributed by atoms with Crippen LogP contribution in [0.15, 0.2) is 72.8 Å². The summed E-state index contributed by atoms with van der Waals surface area (Å²) in [6.45, 7) is 2.36. The number of carbonyl (C=O) groups excluding carboxylic acids is 3. The molecular weight excluding hydrogens is 521 g/mol. The van der Waals surface area contributed by atoms with Gasteiger partial charge in [0.25, 0.3) is 5.91 Å². The summed E-state index contributed by atoms with van der Waals surface area (Å²) < 4.78 is 23.5. The van der Waals surface area contributed by atoms with Crippen LogP contribution in [0.1, 0.15) is 29.3 Å². The average Bonchev–Trinajstić information content (AvgIpc) is 3.17. The number of amides is 2. The topological polar surface area (TPSA) is 88.2 Å². The van der Waals surface area contributed by atoms with Crippen molar-refractivity contribution >= 4 is 46.5 Å². The zero-order valence-electron chi connectivity index (χ0n) is 21.6. The number of hydrogen-bond donors (Lipinski definition) is 1. The molecule has 0 saturated carbocycles. The van der Waals surface area contributed by atoms with Gasteiger partial charge in [0.05, 0.1) is 31.4 Å². The molecule has 0 aliphatic carbocycles. The molecule has 0 aromatic heterocycles. The van der Waals surface area contributed by atoms with Crippen molar-refractivity contribution in [3.63, 3.8) is 0 Å². The fourth-order valence-electron chi connectivity index (χ4n) is 4.25. The number of thiocarbonyl (C=S) groups is 1. The first-order valence-electron chi connectivity index (χ1n) is 12.4. The highest BCUT2D eigenvalue weighted by Gasteiger charge is 2.44. The first-order chi connectivity index (χ1) is 18.8. The SMILES string of the molecule is CCOC(=O)c1ccc(N2C(=O)C(CC(=O)Nc3ccc(F)cc3)N(CCc3ccc(OC)cc3)C2=S)cc1. The number of benzene rings is 3. The second-order valence-electron chi connectivity index (χ2n) is 8.79. The van der Waals surface area contributed by atoms with Gasteiger partial charge >= 0.3 is 5.97 Å². The van der Waals surface area contributed by atoms with Crippen molar-refractivity contribution in [1.29, 1.82) is 0 Å². The van der Waals surface area contributed by atoms with E-state index in [1.165, 1.54) is 29.2 Å². The Morgan fingerprint density at radius 2 is 1.67 bits per heavy atom. The van der Waals surface area contributed by atoms with Crippen molar-refractivity contribution in [1.82, 2.24) is 4.90 Å². The average molecular weight is 550 g/mol. The molecule has 1 atom stereocenters. The molecule has 1 saturated heterocycles. The van der Waals surface area contributed by atoms with Crippen LogP contribution in [0.4, 0.5) is 15.8 Å². The van der Waals surface area contributed by atoms with Crippen LogP contribution in [0.3, 0.4) is 0 Å². The van der Waals surface area contributed by atoms with Crippen LogP contribution in [0, 0.1) is 5.82 Å². The van der Waals surface area contributed by atoms with Crippen LogP contribution in [-0.2, 0) is 20.7 Å². The number of ether oxygens (including phenoxy) is 2. The molecule has 10 heteroatoms. The minimum atomic E-state index is -0.846. The minimum absolute atomic E-state index is 0.156. The molecule has 1 aliphatic rings. The van der Waals surface area contributed by atoms with E-state index in [2.05, 4.69) is 5.32 Å². The van der Waals surface area contributed by atoms with Crippen molar-refractivity contribution in [2.45, 2.75) is 25.8 Å². The van der Waals surface area contributed by atoms with E-state index in [1.807, 2.05) is 24.3 Å². The van der Waals surface area contributed by atoms with Gasteiger partial charge in [-0.2, -0.15) is 0 Å². The van der Waals surface area contributed by atoms with Gasteiger partial charge < -0.3 is 19.7 Å². The highest BCUT2D eigenvalue weighted by molar-refractivity contribution is 7.80. The minimum Gasteiger partial charge on any atom is -0.497 e. The summed E-state index contributed by atoms with van der Waals surface area (Å²) in [5.41, 5.74) is 2.27. The monoisotopic (exact) mass is 549 g/mol. The van der Waals surface area contributed by atoms with Crippen LogP contribution < -0.4 is 15.0 Å². The molecule has 4 rings (SSSR count). The third kappa shape index (κ3) is 6.58. The maximum Gasteiger partial charge on any atom is 0.338 e. The molecule has 2 amide bonds. The van der Waals surface area contributed by atoms with Gasteiger partial charge in [0.1, 0.15) is 17.6 Å². The number of hydrogen-bond acceptors (Lipinski definition) is 6. The van der Waals surface area contributed by atoms with Gasteiger partial charge in [-0.05, 0) is 91.8 Å². The van der Waals surface area contributed by atoms with E-state index in [9.17, 15) is 18.8 Å². The maximum atomic E-state index is 13.6. The van der Waals surface area contributed by atoms with E-state index in [4.69, 9.17) is 21.7 Å². The standard InChI is InChI=1S/C29H28FN3O5S/c1-3-38-28(36)20-6-12-23(13-7-20)33-27(35)25(18-26(34)31-22-10-8-21(30)9-11-22)32(29(33)39)17-16-19-4-14-24(37-2)15-5-19/h4-15,25H,3,16-18H2,1-2H3,(H,31,34). The lowest BCUT2D eigenvalue weighted by Gasteiger charge is -2.24. The fraction of sp³-hybridized carbons (Fsp3) is 0.241. The maximum absolute atomic E-state index is 13.6. The number of carbonyl (C=O) groups is 3. The fourth-order valence-corrected chi connectivity index (χ4v) is 4.66. The van der Waals surface area contributed by atoms with Crippen molar-refractivity contribution in [2.75, 3.05) is 30.5 Å². The van der Waals surface area contributed by atoms with Gasteiger partial charge in [-0.3, -0.25) is 14.5 Å². The number of nitrogens with one attached hydrogen (secondary N) is 1. The van der Waals surface area contributed by atoms with Crippen molar-refractivity contribution in [2.24, 2.45) is 0 Å². The number of esters is 1. The summed E-state index contributed by atoms with van der Waals surface area (Å²) in [6, 6.07) is 18.5. The Hall–Kier alpha value is -4.31. The number of anilines is 2. The first-order valence-corrected chi connectivity index (χ1v) is 12.8. The van der Waals surface area contributed by atoms with Gasteiger partial charge in [0, 0.05) is 12.2 Å². The lowest BCUT2D eigenvalue weighted by atomic mass is 10.1. The quantitative estimate of drug-likeness (QED) is 0.293. The molecule has 1 unspecified atom stereocenters. The Balaban J connectivity index is 1.55. The third-order valence-corrected chi connectivity index (χ3v) is 6.68. The van der Waals surface area contributed by atoms with Crippen LogP contribution in [0.5, 0.6) is 5.75 Å². The Kier molecular flexibility index (Phi) is 8.88. The van der Waals surface area contributed by atoms with Gasteiger partial charge in [-0.25, -0.2) is 9.18 Å². The van der Waals surface area contributed by atoms with E-state index >= 15 is 0 Å². The molecule has 3 aromatic carbocycles. The number of methoxy groups -OCH3 is 1. The molecular formula is C29H28FN3O5S. The molecule has 8 nitrogen and oxygen atoms in total. The smallest absolute Gasteiger partial charge is 0.338 e. The number of halogens is 1. The lowest BCUT2D eigenvalue weighted by molar-refractivity contribution is -0.124. The summed E-state index contributed by atoms with van der Waals surface area (Å²) >= 11 is 5.72. The Bertz CT molecular complexity index is 1350. The van der Waals surface area contributed by atoms with Crippen LogP contribution in [-0.4, -0.2) is 54.1 Å². The molecule has 0 spiro atoms. The Labute approximate surface area is 231 Å². The number of rotatable bonds is 10. The van der Waals surface area contributed by atoms with Crippen molar-refractivity contribution in [3.8, 4) is 5.75 Å². The molecule has 0 bridgehead atoms. The summed E-state index contributed by atoms with van der Waals surface area (Å²) in [7, 11) is 1.60. The molecule has 1 heterocycles. The highest BCUT2D eigenvalue weighted by Crippen LogP contribution is 2.28. The van der Waals surface area contributed by atoms with E-state index < -0.39 is 23.7 Å². The first kappa shape index (κ1) is 27.7. The van der Waals surface area contributed by atoms with E-state index in [-0.39, 0.29) is 24.0 Å². The van der Waals surface area contributed by atoms with Crippen LogP contribution >= 0.6 is 12.2 Å². The van der Waals surface area contributed by atoms with Crippen LogP contribution in [0.25, 0.3) is 0 Å². The van der Waals surface area contributed by atoms with Gasteiger partial charge in [-0.15, -0.1) is 0 Å². The summed E-state index contributed by atoms with van der Waals surface area (Å²) in [5.74, 6) is -0.905. The highest BCUT2D eigenvalue weighted by atomic mass is 32.1. The van der Waals surface area contributed by atoms with Gasteiger partial charge in [0.15, 0.2) is 5.11 Å². The number of nitrogens with zero attached hydrogens (tertiary/aromatic N) is 2. The van der Waals surface area contributed by atoms with Crippen LogP contribution in [0.2, 0.25) is 0 Å². The summed E-state index contributed by atoms with van der Waals surface area (Å²) in [6.07, 6.45) is 0.416. The third-order valence-electron chi connectivity index (χ3n) is 6.26. The molecule has 0 radical (unpaired) electrons. The predicted molar refractivity (Wildman–Crippen MR) is 149 cm³/mol. The van der Waals surface area contributed by atoms with Gasteiger partial charge in [0.2, 0.25) is 5.91 Å². The second kappa shape index (κ2) is 12.5. The largest absolute Gasteiger partial charge is 0.497 e. The lowest BCUT2D eigenvalue weighted by Crippen LogP contribution is -2.39. The second-order valence-corrected chi connectivity index (χ2v) is 9.16. The zero-order chi connectivity index (χ0) is 27.9. The van der Waals surface area contributed by atoms with Crippen molar-refractivity contribution in [3.05, 3.63) is 89.7 Å². The Morgan fingerprint density at radius 3 is 2.28 bits per heavy atom. The normalized spacial score (nSPS) is 14.9. The summed E-state index contributed by atoms with van der Waals surface area (Å²) in [5, 5.41) is 2.97. The van der Waals surface area contributed by atoms with E-state index in [0.29, 0.717) is 29.9 Å². The molecule has 1 N–H and O–H groups in total. The Morgan fingerprint density at radius 1 is 1.00 bits per heavy atom. The summed E-state index contributed by atoms with van der Waals surface area (Å²) in [4.78, 5) is 41.7. The molecule has 3 aromatic rings. The predicted octanol–water partition coefficient (Wildman–Crippen LogP) is 4.58.